The summed E-state index contributed by atoms with van der Waals surface area (Å²) in [4.78, 5) is 4.28. The van der Waals surface area contributed by atoms with E-state index < -0.39 is 0 Å². The van der Waals surface area contributed by atoms with E-state index in [4.69, 9.17) is 4.74 Å². The van der Waals surface area contributed by atoms with Gasteiger partial charge >= 0.3 is 0 Å². The Kier molecular flexibility index (Phi) is 0.859. The van der Waals surface area contributed by atoms with Crippen LogP contribution in [-0.4, -0.2) is 12.1 Å². The number of hydrogen-bond acceptors (Lipinski definition) is 2. The molecule has 3 aliphatic rings. The van der Waals surface area contributed by atoms with Gasteiger partial charge in [-0.3, -0.25) is 0 Å². The van der Waals surface area contributed by atoms with Crippen LogP contribution in [0.4, 0.5) is 0 Å². The smallest absolute Gasteiger partial charge is 0.213 e. The number of rotatable bonds is 1. The maximum atomic E-state index is 5.15. The van der Waals surface area contributed by atoms with Gasteiger partial charge in [0.15, 0.2) is 0 Å². The first kappa shape index (κ1) is 6.41. The van der Waals surface area contributed by atoms with Crippen LogP contribution in [0.1, 0.15) is 29.4 Å². The molecule has 4 unspecified atom stereocenters. The van der Waals surface area contributed by atoms with E-state index >= 15 is 0 Å². The van der Waals surface area contributed by atoms with Gasteiger partial charge in [0, 0.05) is 12.3 Å². The van der Waals surface area contributed by atoms with Crippen molar-refractivity contribution in [1.82, 2.24) is 4.98 Å². The number of pyridine rings is 1. The van der Waals surface area contributed by atoms with Crippen LogP contribution in [0.2, 0.25) is 0 Å². The van der Waals surface area contributed by atoms with Crippen LogP contribution >= 0.6 is 0 Å². The molecule has 0 amide bonds. The van der Waals surface area contributed by atoms with Crippen molar-refractivity contribution in [3.8, 4) is 5.88 Å². The van der Waals surface area contributed by atoms with Gasteiger partial charge < -0.3 is 4.74 Å². The Hall–Kier alpha value is -1.05. The first-order chi connectivity index (χ1) is 6.40. The van der Waals surface area contributed by atoms with Crippen LogP contribution in [-0.2, 0) is 0 Å². The van der Waals surface area contributed by atoms with E-state index in [1.807, 2.05) is 6.20 Å². The van der Waals surface area contributed by atoms with E-state index in [1.165, 1.54) is 17.5 Å². The minimum absolute atomic E-state index is 0.783. The van der Waals surface area contributed by atoms with E-state index in [-0.39, 0.29) is 0 Å². The number of ether oxygens (including phenoxy) is 1. The molecule has 1 heterocycles. The summed E-state index contributed by atoms with van der Waals surface area (Å²) in [6, 6.07) is 2.14. The van der Waals surface area contributed by atoms with E-state index in [2.05, 4.69) is 11.1 Å². The molecule has 1 aromatic heterocycles. The molecule has 0 radical (unpaired) electrons. The molecular weight excluding hydrogens is 162 g/mol. The zero-order valence-electron chi connectivity index (χ0n) is 7.53. The van der Waals surface area contributed by atoms with Crippen molar-refractivity contribution >= 4 is 0 Å². The summed E-state index contributed by atoms with van der Waals surface area (Å²) in [5, 5.41) is 0. The molecule has 2 fully saturated rings. The predicted molar refractivity (Wildman–Crippen MR) is 47.9 cm³/mol. The van der Waals surface area contributed by atoms with Crippen molar-refractivity contribution in [3.63, 3.8) is 0 Å². The van der Waals surface area contributed by atoms with Crippen molar-refractivity contribution in [1.29, 1.82) is 0 Å². The number of nitrogens with zero attached hydrogens (tertiary/aromatic N) is 1. The highest BCUT2D eigenvalue weighted by molar-refractivity contribution is 5.52. The Labute approximate surface area is 76.9 Å². The molecule has 66 valence electrons. The number of hydrogen-bond donors (Lipinski definition) is 0. The van der Waals surface area contributed by atoms with Crippen LogP contribution in [0.15, 0.2) is 12.3 Å². The number of methoxy groups -OCH3 is 1. The van der Waals surface area contributed by atoms with Crippen molar-refractivity contribution in [2.45, 2.75) is 18.3 Å². The summed E-state index contributed by atoms with van der Waals surface area (Å²) >= 11 is 0. The number of aromatic nitrogens is 1. The van der Waals surface area contributed by atoms with E-state index in [0.717, 1.165) is 29.6 Å². The van der Waals surface area contributed by atoms with Gasteiger partial charge in [-0.05, 0) is 41.2 Å². The zero-order valence-corrected chi connectivity index (χ0v) is 7.53. The fourth-order valence-electron chi connectivity index (χ4n) is 3.45. The van der Waals surface area contributed by atoms with Crippen molar-refractivity contribution in [2.24, 2.45) is 11.8 Å². The first-order valence-electron chi connectivity index (χ1n) is 4.94. The Balaban J connectivity index is 1.91. The molecule has 0 aromatic carbocycles. The van der Waals surface area contributed by atoms with Gasteiger partial charge in [-0.1, -0.05) is 0 Å². The zero-order chi connectivity index (χ0) is 8.58. The highest BCUT2D eigenvalue weighted by Gasteiger charge is 2.68. The fraction of sp³-hybridized carbons (Fsp3) is 0.545. The molecule has 2 saturated carbocycles. The Morgan fingerprint density at radius 1 is 1.46 bits per heavy atom. The highest BCUT2D eigenvalue weighted by Crippen LogP contribution is 2.78. The largest absolute Gasteiger partial charge is 0.481 e. The molecule has 0 N–H and O–H groups in total. The summed E-state index contributed by atoms with van der Waals surface area (Å²) in [6.07, 6.45) is 3.46. The Morgan fingerprint density at radius 3 is 3.23 bits per heavy atom. The SMILES string of the molecule is COc1cc2c(cn1)C1CC3C2C13. The van der Waals surface area contributed by atoms with Crippen LogP contribution in [0.5, 0.6) is 5.88 Å². The normalized spacial score (nSPS) is 41.9. The maximum absolute atomic E-state index is 5.15. The maximum Gasteiger partial charge on any atom is 0.213 e. The second kappa shape index (κ2) is 1.74. The average Bonchev–Trinajstić information content (AvgIpc) is 2.64. The molecule has 0 aliphatic heterocycles. The quantitative estimate of drug-likeness (QED) is 0.647. The van der Waals surface area contributed by atoms with E-state index in [1.54, 1.807) is 7.11 Å². The summed E-state index contributed by atoms with van der Waals surface area (Å²) in [5.74, 6) is 4.57. The summed E-state index contributed by atoms with van der Waals surface area (Å²) in [7, 11) is 1.69. The molecule has 0 bridgehead atoms. The van der Waals surface area contributed by atoms with Gasteiger partial charge in [0.25, 0.3) is 0 Å². The lowest BCUT2D eigenvalue weighted by atomic mass is 9.79. The summed E-state index contributed by atoms with van der Waals surface area (Å²) < 4.78 is 5.15. The molecule has 2 heteroatoms. The fourth-order valence-corrected chi connectivity index (χ4v) is 3.45. The molecule has 1 aromatic rings. The molecule has 4 rings (SSSR count). The monoisotopic (exact) mass is 173 g/mol. The predicted octanol–water partition coefficient (Wildman–Crippen LogP) is 1.92. The lowest BCUT2D eigenvalue weighted by Crippen LogP contribution is -2.14. The minimum Gasteiger partial charge on any atom is -0.481 e. The lowest BCUT2D eigenvalue weighted by Gasteiger charge is -2.26. The third-order valence-electron chi connectivity index (χ3n) is 4.13. The molecular formula is C11H11NO. The lowest BCUT2D eigenvalue weighted by molar-refractivity contribution is 0.379. The first-order valence-corrected chi connectivity index (χ1v) is 4.94. The van der Waals surface area contributed by atoms with Crippen molar-refractivity contribution in [2.75, 3.05) is 7.11 Å². The molecule has 0 spiro atoms. The van der Waals surface area contributed by atoms with Gasteiger partial charge in [0.2, 0.25) is 5.88 Å². The Morgan fingerprint density at radius 2 is 2.38 bits per heavy atom. The van der Waals surface area contributed by atoms with Crippen LogP contribution in [0, 0.1) is 11.8 Å². The van der Waals surface area contributed by atoms with Crippen LogP contribution < -0.4 is 4.74 Å². The second-order valence-corrected chi connectivity index (χ2v) is 4.46. The average molecular weight is 173 g/mol. The summed E-state index contributed by atoms with van der Waals surface area (Å²) in [5.41, 5.74) is 3.05. The minimum atomic E-state index is 0.783. The Bertz CT molecular complexity index is 401. The molecule has 13 heavy (non-hydrogen) atoms. The van der Waals surface area contributed by atoms with Crippen molar-refractivity contribution in [3.05, 3.63) is 23.4 Å². The highest BCUT2D eigenvalue weighted by atomic mass is 16.5. The molecule has 0 saturated heterocycles. The topological polar surface area (TPSA) is 22.1 Å². The molecule has 3 aliphatic carbocycles. The van der Waals surface area contributed by atoms with Crippen LogP contribution in [0.3, 0.4) is 0 Å². The van der Waals surface area contributed by atoms with Crippen molar-refractivity contribution < 1.29 is 4.74 Å². The third kappa shape index (κ3) is 0.550. The van der Waals surface area contributed by atoms with Crippen LogP contribution in [0.25, 0.3) is 0 Å². The third-order valence-corrected chi connectivity index (χ3v) is 4.13. The van der Waals surface area contributed by atoms with E-state index in [0.29, 0.717) is 0 Å². The van der Waals surface area contributed by atoms with Gasteiger partial charge in [-0.2, -0.15) is 0 Å². The van der Waals surface area contributed by atoms with Gasteiger partial charge in [-0.15, -0.1) is 0 Å². The number of fused-ring (bicyclic) bond motifs is 4. The standard InChI is InChI=1S/C11H11NO/c1-13-9-3-6-8(4-12-9)5-2-7-10(5)11(6)7/h3-5,7,10-11H,2H2,1H3. The summed E-state index contributed by atoms with van der Waals surface area (Å²) in [6.45, 7) is 0. The van der Waals surface area contributed by atoms with Gasteiger partial charge in [0.05, 0.1) is 7.11 Å². The van der Waals surface area contributed by atoms with E-state index in [9.17, 15) is 0 Å². The second-order valence-electron chi connectivity index (χ2n) is 4.46. The molecule has 2 nitrogen and oxygen atoms in total. The van der Waals surface area contributed by atoms with Gasteiger partial charge in [0.1, 0.15) is 0 Å². The van der Waals surface area contributed by atoms with Gasteiger partial charge in [-0.25, -0.2) is 4.98 Å². The molecule has 4 atom stereocenters.